The highest BCUT2D eigenvalue weighted by molar-refractivity contribution is 5.95. The molecule has 1 N–H and O–H groups in total. The second kappa shape index (κ2) is 6.55. The molecule has 0 unspecified atom stereocenters. The molecule has 0 amide bonds. The molecule has 4 nitrogen and oxygen atoms in total. The van der Waals surface area contributed by atoms with Crippen molar-refractivity contribution in [1.82, 2.24) is 0 Å². The number of carboxylic acids is 1. The van der Waals surface area contributed by atoms with E-state index >= 15 is 0 Å². The first kappa shape index (κ1) is 13.9. The number of methoxy groups -OCH3 is 1. The molecule has 0 radical (unpaired) electrons. The monoisotopic (exact) mass is 247 g/mol. The first-order valence-corrected chi connectivity index (χ1v) is 5.73. The Kier molecular flexibility index (Phi) is 5.06. The van der Waals surface area contributed by atoms with Crippen molar-refractivity contribution in [2.75, 3.05) is 25.1 Å². The molecule has 0 aliphatic heterocycles. The summed E-state index contributed by atoms with van der Waals surface area (Å²) in [6.45, 7) is 3.10. The van der Waals surface area contributed by atoms with Crippen LogP contribution >= 0.6 is 0 Å². The fourth-order valence-electron chi connectivity index (χ4n) is 1.75. The quantitative estimate of drug-likeness (QED) is 0.783. The lowest BCUT2D eigenvalue weighted by Crippen LogP contribution is -2.26. The Hall–Kier alpha value is -2.15. The van der Waals surface area contributed by atoms with Crippen LogP contribution < -0.4 is 9.64 Å². The number of hydrogen-bond donors (Lipinski definition) is 1. The molecule has 0 fully saturated rings. The van der Waals surface area contributed by atoms with Gasteiger partial charge in [-0.05, 0) is 18.6 Å². The van der Waals surface area contributed by atoms with Crippen LogP contribution in [-0.2, 0) is 0 Å². The van der Waals surface area contributed by atoms with E-state index in [4.69, 9.17) is 11.2 Å². The van der Waals surface area contributed by atoms with Gasteiger partial charge in [0.25, 0.3) is 0 Å². The molecule has 0 saturated carbocycles. The van der Waals surface area contributed by atoms with E-state index in [0.717, 1.165) is 6.42 Å². The Morgan fingerprint density at radius 2 is 2.28 bits per heavy atom. The molecule has 1 rings (SSSR count). The number of carbonyl (C=O) groups is 1. The lowest BCUT2D eigenvalue weighted by Gasteiger charge is -2.24. The highest BCUT2D eigenvalue weighted by Gasteiger charge is 2.16. The van der Waals surface area contributed by atoms with Crippen LogP contribution in [0.25, 0.3) is 0 Å². The molecular weight excluding hydrogens is 230 g/mol. The van der Waals surface area contributed by atoms with Crippen LogP contribution in [0.1, 0.15) is 23.7 Å². The molecule has 1 aromatic carbocycles. The summed E-state index contributed by atoms with van der Waals surface area (Å²) < 4.78 is 5.12. The molecule has 0 aromatic heterocycles. The molecule has 0 aliphatic rings. The third kappa shape index (κ3) is 3.17. The predicted octanol–water partition coefficient (Wildman–Crippen LogP) is 2.24. The summed E-state index contributed by atoms with van der Waals surface area (Å²) >= 11 is 0. The van der Waals surface area contributed by atoms with Crippen molar-refractivity contribution in [2.24, 2.45) is 0 Å². The van der Waals surface area contributed by atoms with Gasteiger partial charge >= 0.3 is 5.97 Å². The van der Waals surface area contributed by atoms with Crippen molar-refractivity contribution >= 4 is 11.7 Å². The molecule has 1 aromatic rings. The summed E-state index contributed by atoms with van der Waals surface area (Å²) in [7, 11) is 1.55. The van der Waals surface area contributed by atoms with E-state index in [1.165, 1.54) is 6.07 Å². The number of nitrogens with zero attached hydrogens (tertiary/aromatic N) is 1. The number of rotatable bonds is 6. The Morgan fingerprint density at radius 1 is 1.56 bits per heavy atom. The van der Waals surface area contributed by atoms with Crippen LogP contribution in [0.5, 0.6) is 5.75 Å². The van der Waals surface area contributed by atoms with Gasteiger partial charge in [-0.1, -0.05) is 12.8 Å². The van der Waals surface area contributed by atoms with Gasteiger partial charge in [-0.15, -0.1) is 6.42 Å². The summed E-state index contributed by atoms with van der Waals surface area (Å²) in [5, 5.41) is 9.20. The molecule has 0 heterocycles. The normalized spacial score (nSPS) is 9.61. The van der Waals surface area contributed by atoms with Gasteiger partial charge in [0.2, 0.25) is 0 Å². The van der Waals surface area contributed by atoms with Gasteiger partial charge in [-0.2, -0.15) is 0 Å². The highest BCUT2D eigenvalue weighted by Crippen LogP contribution is 2.26. The molecule has 0 saturated heterocycles. The van der Waals surface area contributed by atoms with E-state index in [9.17, 15) is 9.90 Å². The van der Waals surface area contributed by atoms with Crippen LogP contribution in [0.4, 0.5) is 5.69 Å². The second-order valence-electron chi connectivity index (χ2n) is 3.81. The van der Waals surface area contributed by atoms with E-state index < -0.39 is 5.97 Å². The van der Waals surface area contributed by atoms with Gasteiger partial charge in [-0.3, -0.25) is 0 Å². The average molecular weight is 247 g/mol. The number of carboxylic acid groups (broad SMARTS) is 1. The average Bonchev–Trinajstić information content (AvgIpc) is 2.37. The highest BCUT2D eigenvalue weighted by atomic mass is 16.5. The van der Waals surface area contributed by atoms with E-state index in [1.54, 1.807) is 19.2 Å². The Labute approximate surface area is 107 Å². The van der Waals surface area contributed by atoms with E-state index in [2.05, 4.69) is 5.92 Å². The number of hydrogen-bond acceptors (Lipinski definition) is 3. The summed E-state index contributed by atoms with van der Waals surface area (Å²) in [6, 6.07) is 4.87. The number of anilines is 1. The fraction of sp³-hybridized carbons (Fsp3) is 0.357. The van der Waals surface area contributed by atoms with E-state index in [1.807, 2.05) is 11.8 Å². The zero-order chi connectivity index (χ0) is 13.5. The molecule has 0 spiro atoms. The molecule has 4 heteroatoms. The molecule has 18 heavy (non-hydrogen) atoms. The van der Waals surface area contributed by atoms with Crippen molar-refractivity contribution in [3.05, 3.63) is 23.8 Å². The smallest absolute Gasteiger partial charge is 0.337 e. The second-order valence-corrected chi connectivity index (χ2v) is 3.81. The summed E-state index contributed by atoms with van der Waals surface area (Å²) in [4.78, 5) is 13.1. The molecule has 96 valence electrons. The minimum atomic E-state index is -0.967. The van der Waals surface area contributed by atoms with Gasteiger partial charge in [0, 0.05) is 12.6 Å². The van der Waals surface area contributed by atoms with Crippen molar-refractivity contribution in [3.63, 3.8) is 0 Å². The van der Waals surface area contributed by atoms with Crippen LogP contribution in [0.3, 0.4) is 0 Å². The largest absolute Gasteiger partial charge is 0.497 e. The molecule has 0 aliphatic carbocycles. The third-order valence-electron chi connectivity index (χ3n) is 2.55. The van der Waals surface area contributed by atoms with Crippen molar-refractivity contribution in [2.45, 2.75) is 13.3 Å². The van der Waals surface area contributed by atoms with Crippen molar-refractivity contribution in [1.29, 1.82) is 0 Å². The first-order chi connectivity index (χ1) is 8.63. The van der Waals surface area contributed by atoms with Gasteiger partial charge in [0.15, 0.2) is 0 Å². The van der Waals surface area contributed by atoms with Crippen molar-refractivity contribution < 1.29 is 14.6 Å². The van der Waals surface area contributed by atoms with Crippen LogP contribution in [0.2, 0.25) is 0 Å². The molecular formula is C14H17NO3. The maximum Gasteiger partial charge on any atom is 0.337 e. The number of ether oxygens (including phenoxy) is 1. The van der Waals surface area contributed by atoms with Gasteiger partial charge in [0.05, 0.1) is 24.9 Å². The number of terminal acetylenes is 1. The van der Waals surface area contributed by atoms with Gasteiger partial charge in [0.1, 0.15) is 5.75 Å². The fourth-order valence-corrected chi connectivity index (χ4v) is 1.75. The van der Waals surface area contributed by atoms with E-state index in [0.29, 0.717) is 24.5 Å². The molecule has 0 bridgehead atoms. The number of benzene rings is 1. The van der Waals surface area contributed by atoms with Crippen LogP contribution in [0, 0.1) is 12.3 Å². The van der Waals surface area contributed by atoms with E-state index in [-0.39, 0.29) is 5.56 Å². The minimum absolute atomic E-state index is 0.236. The summed E-state index contributed by atoms with van der Waals surface area (Å²) in [5.74, 6) is 2.20. The SMILES string of the molecule is C#CCN(CCC)c1cc(OC)ccc1C(=O)O. The summed E-state index contributed by atoms with van der Waals surface area (Å²) in [6.07, 6.45) is 6.21. The predicted molar refractivity (Wildman–Crippen MR) is 71.3 cm³/mol. The minimum Gasteiger partial charge on any atom is -0.497 e. The number of aromatic carboxylic acids is 1. The Morgan fingerprint density at radius 3 is 2.78 bits per heavy atom. The zero-order valence-corrected chi connectivity index (χ0v) is 10.6. The summed E-state index contributed by atoms with van der Waals surface area (Å²) in [5.41, 5.74) is 0.834. The zero-order valence-electron chi connectivity index (χ0n) is 10.6. The Bertz CT molecular complexity index is 463. The third-order valence-corrected chi connectivity index (χ3v) is 2.55. The van der Waals surface area contributed by atoms with Gasteiger partial charge < -0.3 is 14.7 Å². The molecule has 0 atom stereocenters. The Balaban J connectivity index is 3.23. The maximum atomic E-state index is 11.2. The maximum absolute atomic E-state index is 11.2. The lowest BCUT2D eigenvalue weighted by atomic mass is 10.1. The standard InChI is InChI=1S/C14H17NO3/c1-4-8-15(9-5-2)13-10-11(18-3)6-7-12(13)14(16)17/h1,6-7,10H,5,8-9H2,2-3H3,(H,16,17). The van der Waals surface area contributed by atoms with Crippen LogP contribution in [0.15, 0.2) is 18.2 Å². The van der Waals surface area contributed by atoms with Crippen molar-refractivity contribution in [3.8, 4) is 18.1 Å². The van der Waals surface area contributed by atoms with Gasteiger partial charge in [-0.25, -0.2) is 4.79 Å². The van der Waals surface area contributed by atoms with Crippen LogP contribution in [-0.4, -0.2) is 31.3 Å². The topological polar surface area (TPSA) is 49.8 Å². The lowest BCUT2D eigenvalue weighted by molar-refractivity contribution is 0.0697. The first-order valence-electron chi connectivity index (χ1n) is 5.73.